The Hall–Kier alpha value is -1.30. The first kappa shape index (κ1) is 12.2. The van der Waals surface area contributed by atoms with E-state index in [0.29, 0.717) is 0 Å². The molecule has 0 amide bonds. The molecule has 17 heavy (non-hydrogen) atoms. The van der Waals surface area contributed by atoms with Crippen LogP contribution in [0.3, 0.4) is 0 Å². The van der Waals surface area contributed by atoms with Crippen LogP contribution in [0.4, 0.5) is 11.4 Å². The lowest BCUT2D eigenvalue weighted by Crippen LogP contribution is -2.02. The van der Waals surface area contributed by atoms with Gasteiger partial charge in [0.15, 0.2) is 0 Å². The monoisotopic (exact) mass is 339 g/mol. The maximum absolute atomic E-state index is 5.71. The van der Waals surface area contributed by atoms with E-state index < -0.39 is 0 Å². The summed E-state index contributed by atoms with van der Waals surface area (Å²) >= 11 is 2.28. The second-order valence-corrected chi connectivity index (χ2v) is 5.06. The number of nitrogens with one attached hydrogen (secondary N) is 1. The van der Waals surface area contributed by atoms with Crippen molar-refractivity contribution in [3.05, 3.63) is 51.4 Å². The first-order valence-electron chi connectivity index (χ1n) is 5.35. The standard InChI is InChI=1S/C13H14IN3/c1-9-2-3-10(7-16-9)8-17-13-5-4-11(15)6-12(13)14/h2-7,17H,8,15H2,1H3. The Labute approximate surface area is 115 Å². The molecule has 2 aromatic rings. The van der Waals surface area contributed by atoms with Gasteiger partial charge >= 0.3 is 0 Å². The average Bonchev–Trinajstić information content (AvgIpc) is 2.30. The first-order chi connectivity index (χ1) is 8.15. The third kappa shape index (κ3) is 3.33. The second kappa shape index (κ2) is 5.35. The molecule has 3 nitrogen and oxygen atoms in total. The number of hydrogen-bond donors (Lipinski definition) is 2. The van der Waals surface area contributed by atoms with Crippen molar-refractivity contribution in [3.8, 4) is 0 Å². The summed E-state index contributed by atoms with van der Waals surface area (Å²) in [6.07, 6.45) is 1.90. The molecule has 0 unspecified atom stereocenters. The maximum Gasteiger partial charge on any atom is 0.0480 e. The molecule has 0 fully saturated rings. The van der Waals surface area contributed by atoms with Crippen molar-refractivity contribution in [2.24, 2.45) is 0 Å². The number of nitrogen functional groups attached to an aromatic ring is 1. The number of hydrogen-bond acceptors (Lipinski definition) is 3. The molecule has 0 aliphatic heterocycles. The number of aromatic nitrogens is 1. The van der Waals surface area contributed by atoms with Gasteiger partial charge < -0.3 is 11.1 Å². The summed E-state index contributed by atoms with van der Waals surface area (Å²) in [7, 11) is 0. The molecular weight excluding hydrogens is 325 g/mol. The smallest absolute Gasteiger partial charge is 0.0480 e. The van der Waals surface area contributed by atoms with Gasteiger partial charge in [-0.05, 0) is 59.3 Å². The third-order valence-electron chi connectivity index (χ3n) is 2.45. The van der Waals surface area contributed by atoms with Gasteiger partial charge in [0.05, 0.1) is 0 Å². The summed E-state index contributed by atoms with van der Waals surface area (Å²) in [5, 5.41) is 3.37. The molecule has 2 rings (SSSR count). The lowest BCUT2D eigenvalue weighted by Gasteiger charge is -2.09. The number of nitrogens with two attached hydrogens (primary N) is 1. The van der Waals surface area contributed by atoms with Crippen LogP contribution < -0.4 is 11.1 Å². The van der Waals surface area contributed by atoms with Crippen molar-refractivity contribution in [2.45, 2.75) is 13.5 Å². The zero-order valence-corrected chi connectivity index (χ0v) is 11.7. The number of nitrogens with zero attached hydrogens (tertiary/aromatic N) is 1. The van der Waals surface area contributed by atoms with E-state index >= 15 is 0 Å². The van der Waals surface area contributed by atoms with Crippen LogP contribution in [0.25, 0.3) is 0 Å². The van der Waals surface area contributed by atoms with E-state index in [1.165, 1.54) is 5.56 Å². The Morgan fingerprint density at radius 2 is 2.12 bits per heavy atom. The topological polar surface area (TPSA) is 50.9 Å². The number of pyridine rings is 1. The van der Waals surface area contributed by atoms with Gasteiger partial charge in [0.2, 0.25) is 0 Å². The highest BCUT2D eigenvalue weighted by Crippen LogP contribution is 2.21. The Morgan fingerprint density at radius 3 is 2.76 bits per heavy atom. The molecular formula is C13H14IN3. The van der Waals surface area contributed by atoms with E-state index in [-0.39, 0.29) is 0 Å². The molecule has 3 N–H and O–H groups in total. The lowest BCUT2D eigenvalue weighted by molar-refractivity contribution is 1.08. The molecule has 1 aromatic carbocycles. The number of benzene rings is 1. The maximum atomic E-state index is 5.71. The Morgan fingerprint density at radius 1 is 1.29 bits per heavy atom. The predicted octanol–water partition coefficient (Wildman–Crippen LogP) is 3.19. The minimum Gasteiger partial charge on any atom is -0.399 e. The van der Waals surface area contributed by atoms with Gasteiger partial charge in [-0.3, -0.25) is 4.98 Å². The van der Waals surface area contributed by atoms with Crippen LogP contribution >= 0.6 is 22.6 Å². The summed E-state index contributed by atoms with van der Waals surface area (Å²) in [4.78, 5) is 4.27. The molecule has 0 saturated carbocycles. The molecule has 1 aromatic heterocycles. The van der Waals surface area contributed by atoms with E-state index in [1.54, 1.807) is 0 Å². The number of halogens is 1. The van der Waals surface area contributed by atoms with E-state index in [9.17, 15) is 0 Å². The zero-order chi connectivity index (χ0) is 12.3. The van der Waals surface area contributed by atoms with Gasteiger partial charge in [0, 0.05) is 33.4 Å². The largest absolute Gasteiger partial charge is 0.399 e. The fourth-order valence-corrected chi connectivity index (χ4v) is 2.21. The van der Waals surface area contributed by atoms with Crippen LogP contribution in [0.15, 0.2) is 36.5 Å². The first-order valence-corrected chi connectivity index (χ1v) is 6.43. The summed E-state index contributed by atoms with van der Waals surface area (Å²) in [5.74, 6) is 0. The van der Waals surface area contributed by atoms with Crippen LogP contribution in [0.1, 0.15) is 11.3 Å². The number of anilines is 2. The molecule has 0 spiro atoms. The zero-order valence-electron chi connectivity index (χ0n) is 9.57. The average molecular weight is 339 g/mol. The second-order valence-electron chi connectivity index (χ2n) is 3.90. The molecule has 0 radical (unpaired) electrons. The predicted molar refractivity (Wildman–Crippen MR) is 79.9 cm³/mol. The summed E-state index contributed by atoms with van der Waals surface area (Å²) < 4.78 is 1.13. The molecule has 4 heteroatoms. The van der Waals surface area contributed by atoms with Crippen LogP contribution in [0, 0.1) is 10.5 Å². The van der Waals surface area contributed by atoms with Crippen LogP contribution in [-0.2, 0) is 6.54 Å². The number of aryl methyl sites for hydroxylation is 1. The molecule has 0 aliphatic rings. The molecule has 0 bridgehead atoms. The SMILES string of the molecule is Cc1ccc(CNc2ccc(N)cc2I)cn1. The van der Waals surface area contributed by atoms with E-state index in [2.05, 4.69) is 39.0 Å². The van der Waals surface area contributed by atoms with Gasteiger partial charge in [-0.1, -0.05) is 6.07 Å². The van der Waals surface area contributed by atoms with Gasteiger partial charge in [-0.2, -0.15) is 0 Å². The Bertz CT molecular complexity index is 509. The van der Waals surface area contributed by atoms with Gasteiger partial charge in [-0.25, -0.2) is 0 Å². The highest BCUT2D eigenvalue weighted by atomic mass is 127. The van der Waals surface area contributed by atoms with Crippen LogP contribution in [0.2, 0.25) is 0 Å². The Balaban J connectivity index is 2.04. The minimum absolute atomic E-state index is 0.771. The summed E-state index contributed by atoms with van der Waals surface area (Å²) in [6, 6.07) is 9.96. The highest BCUT2D eigenvalue weighted by molar-refractivity contribution is 14.1. The minimum atomic E-state index is 0.771. The molecule has 88 valence electrons. The molecule has 1 heterocycles. The van der Waals surface area contributed by atoms with Crippen molar-refractivity contribution in [1.29, 1.82) is 0 Å². The third-order valence-corrected chi connectivity index (χ3v) is 3.34. The molecule has 0 atom stereocenters. The lowest BCUT2D eigenvalue weighted by atomic mass is 10.2. The van der Waals surface area contributed by atoms with E-state index in [0.717, 1.165) is 27.2 Å². The highest BCUT2D eigenvalue weighted by Gasteiger charge is 2.00. The van der Waals surface area contributed by atoms with E-state index in [1.807, 2.05) is 37.4 Å². The fraction of sp³-hybridized carbons (Fsp3) is 0.154. The molecule has 0 saturated heterocycles. The summed E-state index contributed by atoms with van der Waals surface area (Å²) in [6.45, 7) is 2.76. The quantitative estimate of drug-likeness (QED) is 0.667. The van der Waals surface area contributed by atoms with Crippen LogP contribution in [-0.4, -0.2) is 4.98 Å². The van der Waals surface area contributed by atoms with Gasteiger partial charge in [-0.15, -0.1) is 0 Å². The van der Waals surface area contributed by atoms with Crippen LogP contribution in [0.5, 0.6) is 0 Å². The van der Waals surface area contributed by atoms with Crippen molar-refractivity contribution in [3.63, 3.8) is 0 Å². The summed E-state index contributed by atoms with van der Waals surface area (Å²) in [5.41, 5.74) is 9.80. The van der Waals surface area contributed by atoms with Gasteiger partial charge in [0.25, 0.3) is 0 Å². The van der Waals surface area contributed by atoms with Crippen molar-refractivity contribution in [2.75, 3.05) is 11.1 Å². The van der Waals surface area contributed by atoms with E-state index in [4.69, 9.17) is 5.73 Å². The van der Waals surface area contributed by atoms with Crippen molar-refractivity contribution >= 4 is 34.0 Å². The fourth-order valence-electron chi connectivity index (χ4n) is 1.48. The van der Waals surface area contributed by atoms with Crippen molar-refractivity contribution in [1.82, 2.24) is 4.98 Å². The van der Waals surface area contributed by atoms with Gasteiger partial charge in [0.1, 0.15) is 0 Å². The normalized spacial score (nSPS) is 10.2. The molecule has 0 aliphatic carbocycles. The Kier molecular flexibility index (Phi) is 3.83. The van der Waals surface area contributed by atoms with Crippen molar-refractivity contribution < 1.29 is 0 Å². The number of rotatable bonds is 3.